The summed E-state index contributed by atoms with van der Waals surface area (Å²) in [5.74, 6) is -0.961. The second-order valence-corrected chi connectivity index (χ2v) is 3.52. The van der Waals surface area contributed by atoms with Crippen molar-refractivity contribution < 1.29 is 20.5 Å². The Morgan fingerprint density at radius 1 is 1.62 bits per heavy atom. The van der Waals surface area contributed by atoms with Crippen LogP contribution in [0.3, 0.4) is 0 Å². The Labute approximate surface area is 48.6 Å². The summed E-state index contributed by atoms with van der Waals surface area (Å²) in [6.45, 7) is 0.931. The van der Waals surface area contributed by atoms with Gasteiger partial charge in [0.2, 0.25) is 0 Å². The van der Waals surface area contributed by atoms with Gasteiger partial charge in [-0.05, 0) is 0 Å². The van der Waals surface area contributed by atoms with E-state index in [0.29, 0.717) is 0 Å². The molecule has 0 aromatic carbocycles. The molecule has 0 spiro atoms. The minimum absolute atomic E-state index is 0.931. The fourth-order valence-corrected chi connectivity index (χ4v) is 0.870. The van der Waals surface area contributed by atoms with Crippen molar-refractivity contribution in [2.75, 3.05) is 0 Å². The molecule has 0 aromatic heterocycles. The van der Waals surface area contributed by atoms with Crippen LogP contribution in [0.2, 0.25) is 0 Å². The van der Waals surface area contributed by atoms with Gasteiger partial charge in [-0.1, -0.05) is 0 Å². The van der Waals surface area contributed by atoms with Gasteiger partial charge in [-0.2, -0.15) is 0 Å². The molecule has 0 aromatic rings. The van der Waals surface area contributed by atoms with Crippen molar-refractivity contribution in [3.05, 3.63) is 0 Å². The van der Waals surface area contributed by atoms with Crippen LogP contribution in [0.25, 0.3) is 0 Å². The molecule has 0 amide bonds. The summed E-state index contributed by atoms with van der Waals surface area (Å²) in [5.41, 5.74) is 0. The van der Waals surface area contributed by atoms with Crippen molar-refractivity contribution in [3.8, 4) is 0 Å². The van der Waals surface area contributed by atoms with E-state index in [1.807, 2.05) is 0 Å². The molecule has 0 unspecified atom stereocenters. The van der Waals surface area contributed by atoms with E-state index >= 15 is 0 Å². The molecule has 0 aliphatic rings. The molecule has 0 saturated heterocycles. The van der Waals surface area contributed by atoms with Crippen LogP contribution < -0.4 is 0 Å². The molecular formula is C2H5AsO5. The van der Waals surface area contributed by atoms with Crippen LogP contribution in [0.15, 0.2) is 0 Å². The minimum atomic E-state index is -5.11. The first-order valence-corrected chi connectivity index (χ1v) is 4.88. The van der Waals surface area contributed by atoms with E-state index in [4.69, 9.17) is 8.19 Å². The van der Waals surface area contributed by atoms with Crippen LogP contribution in [-0.2, 0) is 12.3 Å². The molecule has 0 radical (unpaired) electrons. The molecule has 0 heterocycles. The Kier molecular flexibility index (Phi) is 2.27. The van der Waals surface area contributed by atoms with Gasteiger partial charge in [0, 0.05) is 0 Å². The summed E-state index contributed by atoms with van der Waals surface area (Å²) >= 11 is -5.11. The molecule has 0 atom stereocenters. The van der Waals surface area contributed by atoms with Crippen LogP contribution in [0.4, 0.5) is 0 Å². The summed E-state index contributed by atoms with van der Waals surface area (Å²) < 4.78 is 29.1. The fraction of sp³-hybridized carbons (Fsp3) is 0.500. The maximum absolute atomic E-state index is 9.76. The summed E-state index contributed by atoms with van der Waals surface area (Å²) in [4.78, 5) is 9.76. The molecule has 0 saturated carbocycles. The third-order valence-corrected chi connectivity index (χ3v) is 1.29. The van der Waals surface area contributed by atoms with Crippen LogP contribution in [0.5, 0.6) is 0 Å². The summed E-state index contributed by atoms with van der Waals surface area (Å²) in [5, 5.41) is 0. The van der Waals surface area contributed by atoms with E-state index in [1.165, 1.54) is 0 Å². The summed E-state index contributed by atoms with van der Waals surface area (Å²) in [6.07, 6.45) is 0. The van der Waals surface area contributed by atoms with Gasteiger partial charge in [-0.15, -0.1) is 0 Å². The van der Waals surface area contributed by atoms with E-state index in [1.54, 1.807) is 0 Å². The average Bonchev–Trinajstić information content (AvgIpc) is 1.21. The molecule has 0 aliphatic carbocycles. The van der Waals surface area contributed by atoms with Crippen molar-refractivity contribution in [3.63, 3.8) is 0 Å². The number of hydrogen-bond donors (Lipinski definition) is 2. The molecular weight excluding hydrogens is 179 g/mol. The fourth-order valence-electron chi connectivity index (χ4n) is 0.167. The van der Waals surface area contributed by atoms with Crippen molar-refractivity contribution in [2.24, 2.45) is 0 Å². The second kappa shape index (κ2) is 2.35. The van der Waals surface area contributed by atoms with Gasteiger partial charge in [-0.25, -0.2) is 0 Å². The number of carbonyl (C=O) groups is 1. The zero-order valence-electron chi connectivity index (χ0n) is 4.07. The van der Waals surface area contributed by atoms with Crippen molar-refractivity contribution >= 4 is 20.5 Å². The molecule has 0 aliphatic heterocycles. The molecule has 48 valence electrons. The SMILES string of the molecule is CC(=O)O[As](=O)(O)O. The Morgan fingerprint density at radius 3 is 2.00 bits per heavy atom. The molecule has 8 heavy (non-hydrogen) atoms. The maximum atomic E-state index is 9.76. The van der Waals surface area contributed by atoms with Crippen LogP contribution >= 0.6 is 0 Å². The first-order chi connectivity index (χ1) is 3.42. The molecule has 0 bridgehead atoms. The first kappa shape index (κ1) is 7.75. The van der Waals surface area contributed by atoms with E-state index in [-0.39, 0.29) is 0 Å². The van der Waals surface area contributed by atoms with Gasteiger partial charge in [-0.3, -0.25) is 0 Å². The second-order valence-electron chi connectivity index (χ2n) is 1.07. The molecule has 0 fully saturated rings. The Balaban J connectivity index is 3.74. The monoisotopic (exact) mass is 184 g/mol. The van der Waals surface area contributed by atoms with E-state index < -0.39 is 20.5 Å². The Hall–Kier alpha value is -0.252. The number of carbonyl (C=O) groups excluding carboxylic acids is 1. The molecule has 0 rings (SSSR count). The third kappa shape index (κ3) is 5.75. The first-order valence-electron chi connectivity index (χ1n) is 1.67. The van der Waals surface area contributed by atoms with Gasteiger partial charge >= 0.3 is 47.9 Å². The normalized spacial score (nSPS) is 10.9. The van der Waals surface area contributed by atoms with E-state index in [0.717, 1.165) is 6.92 Å². The van der Waals surface area contributed by atoms with Gasteiger partial charge < -0.3 is 0 Å². The van der Waals surface area contributed by atoms with Gasteiger partial charge in [0.25, 0.3) is 0 Å². The van der Waals surface area contributed by atoms with Crippen LogP contribution in [-0.4, -0.2) is 28.7 Å². The topological polar surface area (TPSA) is 83.8 Å². The van der Waals surface area contributed by atoms with E-state index in [2.05, 4.69) is 3.73 Å². The van der Waals surface area contributed by atoms with Gasteiger partial charge in [0.05, 0.1) is 0 Å². The van der Waals surface area contributed by atoms with Crippen molar-refractivity contribution in [1.29, 1.82) is 0 Å². The number of rotatable bonds is 1. The zero-order valence-corrected chi connectivity index (χ0v) is 5.94. The van der Waals surface area contributed by atoms with Crippen LogP contribution in [0, 0.1) is 0 Å². The zero-order chi connectivity index (χ0) is 6.78. The Bertz CT molecular complexity index is 133. The predicted molar refractivity (Wildman–Crippen MR) is 22.6 cm³/mol. The van der Waals surface area contributed by atoms with Crippen molar-refractivity contribution in [2.45, 2.75) is 6.92 Å². The molecule has 2 N–H and O–H groups in total. The third-order valence-electron chi connectivity index (χ3n) is 0.247. The number of hydrogen-bond acceptors (Lipinski definition) is 3. The van der Waals surface area contributed by atoms with Gasteiger partial charge in [0.15, 0.2) is 0 Å². The standard InChI is InChI=1S/C2H5AsO5/c1-2(4)8-3(5,6)7/h1H3,(H2,5,6,7). The summed E-state index contributed by atoms with van der Waals surface area (Å²) in [7, 11) is 0. The molecule has 6 heteroatoms. The van der Waals surface area contributed by atoms with E-state index in [9.17, 15) is 8.53 Å². The van der Waals surface area contributed by atoms with Crippen molar-refractivity contribution in [1.82, 2.24) is 0 Å². The van der Waals surface area contributed by atoms with Gasteiger partial charge in [0.1, 0.15) is 0 Å². The quantitative estimate of drug-likeness (QED) is 0.479. The van der Waals surface area contributed by atoms with Crippen LogP contribution in [0.1, 0.15) is 6.92 Å². The predicted octanol–water partition coefficient (Wildman–Crippen LogP) is -1.60. The average molecular weight is 184 g/mol. The molecule has 5 nitrogen and oxygen atoms in total. The summed E-state index contributed by atoms with van der Waals surface area (Å²) in [6, 6.07) is 0. The Morgan fingerprint density at radius 2 is 2.00 bits per heavy atom.